The lowest BCUT2D eigenvalue weighted by atomic mass is 10.1. The third-order valence-electron chi connectivity index (χ3n) is 3.37. The number of nitrogens with one attached hydrogen (secondary N) is 1. The Kier molecular flexibility index (Phi) is 4.77. The van der Waals surface area contributed by atoms with Crippen molar-refractivity contribution in [2.24, 2.45) is 11.8 Å². The highest BCUT2D eigenvalue weighted by Crippen LogP contribution is 2.26. The van der Waals surface area contributed by atoms with Crippen molar-refractivity contribution >= 4 is 11.9 Å². The standard InChI is InChI=1S/C12H21NO3/c1-4-8(2)11(14)13-10-6-5-9(7-10)12(15)16-3/h8-10H,4-7H2,1-3H3,(H,13,14)/t8?,9-,10+/m0/s1. The van der Waals surface area contributed by atoms with E-state index in [-0.39, 0.29) is 29.8 Å². The number of ether oxygens (including phenoxy) is 1. The summed E-state index contributed by atoms with van der Waals surface area (Å²) in [5, 5.41) is 2.99. The molecule has 0 aliphatic heterocycles. The number of hydrogen-bond donors (Lipinski definition) is 1. The molecule has 4 heteroatoms. The predicted molar refractivity (Wildman–Crippen MR) is 60.7 cm³/mol. The normalized spacial score (nSPS) is 26.2. The van der Waals surface area contributed by atoms with Gasteiger partial charge in [-0.2, -0.15) is 0 Å². The number of esters is 1. The van der Waals surface area contributed by atoms with Crippen LogP contribution in [-0.4, -0.2) is 25.0 Å². The van der Waals surface area contributed by atoms with Crippen molar-refractivity contribution in [3.05, 3.63) is 0 Å². The Balaban J connectivity index is 2.37. The van der Waals surface area contributed by atoms with Crippen molar-refractivity contribution in [3.63, 3.8) is 0 Å². The quantitative estimate of drug-likeness (QED) is 0.740. The van der Waals surface area contributed by atoms with Crippen LogP contribution in [-0.2, 0) is 14.3 Å². The molecular weight excluding hydrogens is 206 g/mol. The van der Waals surface area contributed by atoms with E-state index in [2.05, 4.69) is 5.32 Å². The van der Waals surface area contributed by atoms with Gasteiger partial charge in [0.1, 0.15) is 0 Å². The van der Waals surface area contributed by atoms with E-state index in [4.69, 9.17) is 4.74 Å². The van der Waals surface area contributed by atoms with Gasteiger partial charge in [0.2, 0.25) is 5.91 Å². The molecule has 1 unspecified atom stereocenters. The molecule has 0 bridgehead atoms. The Hall–Kier alpha value is -1.06. The molecule has 1 N–H and O–H groups in total. The molecule has 0 aromatic rings. The van der Waals surface area contributed by atoms with Crippen molar-refractivity contribution in [3.8, 4) is 0 Å². The molecule has 0 spiro atoms. The molecule has 1 amide bonds. The number of hydrogen-bond acceptors (Lipinski definition) is 3. The molecule has 0 aromatic carbocycles. The molecule has 1 aliphatic carbocycles. The van der Waals surface area contributed by atoms with E-state index in [1.807, 2.05) is 13.8 Å². The third kappa shape index (κ3) is 3.22. The lowest BCUT2D eigenvalue weighted by Crippen LogP contribution is -2.36. The maximum absolute atomic E-state index is 11.6. The van der Waals surface area contributed by atoms with Crippen molar-refractivity contribution < 1.29 is 14.3 Å². The maximum Gasteiger partial charge on any atom is 0.308 e. The number of carbonyl (C=O) groups excluding carboxylic acids is 2. The minimum Gasteiger partial charge on any atom is -0.469 e. The van der Waals surface area contributed by atoms with Crippen LogP contribution in [0.2, 0.25) is 0 Å². The van der Waals surface area contributed by atoms with Crippen molar-refractivity contribution in [1.29, 1.82) is 0 Å². The highest BCUT2D eigenvalue weighted by Gasteiger charge is 2.31. The average molecular weight is 227 g/mol. The molecule has 3 atom stereocenters. The molecule has 16 heavy (non-hydrogen) atoms. The van der Waals surface area contributed by atoms with E-state index >= 15 is 0 Å². The zero-order valence-corrected chi connectivity index (χ0v) is 10.3. The lowest BCUT2D eigenvalue weighted by molar-refractivity contribution is -0.145. The molecule has 1 saturated carbocycles. The molecule has 0 saturated heterocycles. The SMILES string of the molecule is CCC(C)C(=O)N[C@@H]1CC[C@H](C(=O)OC)C1. The molecule has 1 aliphatic rings. The molecular formula is C12H21NO3. The van der Waals surface area contributed by atoms with Crippen molar-refractivity contribution in [2.75, 3.05) is 7.11 Å². The lowest BCUT2D eigenvalue weighted by Gasteiger charge is -2.15. The van der Waals surface area contributed by atoms with Crippen LogP contribution in [0.5, 0.6) is 0 Å². The van der Waals surface area contributed by atoms with Gasteiger partial charge in [-0.1, -0.05) is 13.8 Å². The van der Waals surface area contributed by atoms with Crippen LogP contribution >= 0.6 is 0 Å². The molecule has 1 fully saturated rings. The molecule has 92 valence electrons. The second kappa shape index (κ2) is 5.87. The van der Waals surface area contributed by atoms with Gasteiger partial charge < -0.3 is 10.1 Å². The Bertz CT molecular complexity index is 265. The fourth-order valence-electron chi connectivity index (χ4n) is 2.02. The van der Waals surface area contributed by atoms with Gasteiger partial charge in [-0.05, 0) is 25.7 Å². The second-order valence-corrected chi connectivity index (χ2v) is 4.55. The van der Waals surface area contributed by atoms with Crippen LogP contribution in [0.4, 0.5) is 0 Å². The number of amides is 1. The van der Waals surface area contributed by atoms with Crippen molar-refractivity contribution in [1.82, 2.24) is 5.32 Å². The Morgan fingerprint density at radius 1 is 1.44 bits per heavy atom. The summed E-state index contributed by atoms with van der Waals surface area (Å²) in [4.78, 5) is 22.9. The average Bonchev–Trinajstić information content (AvgIpc) is 2.75. The Morgan fingerprint density at radius 3 is 2.69 bits per heavy atom. The van der Waals surface area contributed by atoms with Gasteiger partial charge in [-0.3, -0.25) is 9.59 Å². The number of rotatable bonds is 4. The summed E-state index contributed by atoms with van der Waals surface area (Å²) in [5.41, 5.74) is 0. The van der Waals surface area contributed by atoms with Gasteiger partial charge in [0.15, 0.2) is 0 Å². The maximum atomic E-state index is 11.6. The van der Waals surface area contributed by atoms with E-state index in [0.717, 1.165) is 25.7 Å². The first kappa shape index (κ1) is 13.0. The van der Waals surface area contributed by atoms with Gasteiger partial charge in [-0.25, -0.2) is 0 Å². The fourth-order valence-corrected chi connectivity index (χ4v) is 2.02. The van der Waals surface area contributed by atoms with Gasteiger partial charge in [0.05, 0.1) is 13.0 Å². The first-order chi connectivity index (χ1) is 7.58. The van der Waals surface area contributed by atoms with E-state index in [0.29, 0.717) is 0 Å². The zero-order valence-electron chi connectivity index (χ0n) is 10.3. The minimum absolute atomic E-state index is 0.0350. The second-order valence-electron chi connectivity index (χ2n) is 4.55. The van der Waals surface area contributed by atoms with E-state index in [9.17, 15) is 9.59 Å². The van der Waals surface area contributed by atoms with Crippen LogP contribution in [0.1, 0.15) is 39.5 Å². The largest absolute Gasteiger partial charge is 0.469 e. The van der Waals surface area contributed by atoms with E-state index in [1.54, 1.807) is 0 Å². The molecule has 4 nitrogen and oxygen atoms in total. The monoisotopic (exact) mass is 227 g/mol. The molecule has 0 heterocycles. The van der Waals surface area contributed by atoms with Crippen LogP contribution in [0.15, 0.2) is 0 Å². The van der Waals surface area contributed by atoms with Crippen LogP contribution in [0.3, 0.4) is 0 Å². The number of carbonyl (C=O) groups is 2. The molecule has 0 radical (unpaired) electrons. The van der Waals surface area contributed by atoms with Gasteiger partial charge in [0, 0.05) is 12.0 Å². The van der Waals surface area contributed by atoms with Crippen LogP contribution < -0.4 is 5.32 Å². The first-order valence-electron chi connectivity index (χ1n) is 5.96. The fraction of sp³-hybridized carbons (Fsp3) is 0.833. The summed E-state index contributed by atoms with van der Waals surface area (Å²) in [6, 6.07) is 0.144. The zero-order chi connectivity index (χ0) is 12.1. The molecule has 0 aromatic heterocycles. The Morgan fingerprint density at radius 2 is 2.12 bits per heavy atom. The van der Waals surface area contributed by atoms with Gasteiger partial charge in [-0.15, -0.1) is 0 Å². The predicted octanol–water partition coefficient (Wildman–Crippen LogP) is 1.49. The summed E-state index contributed by atoms with van der Waals surface area (Å²) >= 11 is 0. The summed E-state index contributed by atoms with van der Waals surface area (Å²) in [5.74, 6) is -0.0392. The van der Waals surface area contributed by atoms with E-state index in [1.165, 1.54) is 7.11 Å². The third-order valence-corrected chi connectivity index (χ3v) is 3.37. The smallest absolute Gasteiger partial charge is 0.308 e. The first-order valence-corrected chi connectivity index (χ1v) is 5.96. The highest BCUT2D eigenvalue weighted by atomic mass is 16.5. The minimum atomic E-state index is -0.153. The summed E-state index contributed by atoms with van der Waals surface area (Å²) in [6.45, 7) is 3.91. The summed E-state index contributed by atoms with van der Waals surface area (Å²) < 4.78 is 4.70. The van der Waals surface area contributed by atoms with Crippen LogP contribution in [0.25, 0.3) is 0 Å². The van der Waals surface area contributed by atoms with E-state index < -0.39 is 0 Å². The summed E-state index contributed by atoms with van der Waals surface area (Å²) in [7, 11) is 1.41. The van der Waals surface area contributed by atoms with Crippen molar-refractivity contribution in [2.45, 2.75) is 45.6 Å². The topological polar surface area (TPSA) is 55.4 Å². The summed E-state index contributed by atoms with van der Waals surface area (Å²) in [6.07, 6.45) is 3.26. The van der Waals surface area contributed by atoms with Gasteiger partial charge >= 0.3 is 5.97 Å². The van der Waals surface area contributed by atoms with Crippen LogP contribution in [0, 0.1) is 11.8 Å². The molecule has 1 rings (SSSR count). The Labute approximate surface area is 96.7 Å². The number of methoxy groups -OCH3 is 1. The highest BCUT2D eigenvalue weighted by molar-refractivity contribution is 5.79. The van der Waals surface area contributed by atoms with Gasteiger partial charge in [0.25, 0.3) is 0 Å².